The molecule has 0 spiro atoms. The van der Waals surface area contributed by atoms with Crippen molar-refractivity contribution in [2.45, 2.75) is 31.7 Å². The van der Waals surface area contributed by atoms with Gasteiger partial charge in [-0.15, -0.1) is 24.8 Å². The number of carbonyl (C=O) groups is 1. The predicted molar refractivity (Wildman–Crippen MR) is 97.1 cm³/mol. The normalized spacial score (nSPS) is 19.4. The third-order valence-electron chi connectivity index (χ3n) is 4.08. The van der Waals surface area contributed by atoms with E-state index in [0.717, 1.165) is 25.7 Å². The number of nitrogens with two attached hydrogens (primary N) is 1. The standard InChI is InChI=1S/C16H24FN3O.2ClH/c1-20(15-6-3-2-5-14(15)17)10-4-9-19-16(21)12-7-8-13(18)11-12;;/h2-3,5-6,12-13H,4,7-11,18H2,1H3,(H,19,21);2*1H. The monoisotopic (exact) mass is 365 g/mol. The number of rotatable bonds is 6. The van der Waals surface area contributed by atoms with Crippen molar-refractivity contribution >= 4 is 36.4 Å². The summed E-state index contributed by atoms with van der Waals surface area (Å²) in [5.74, 6) is -0.0372. The van der Waals surface area contributed by atoms with E-state index in [0.29, 0.717) is 18.8 Å². The van der Waals surface area contributed by atoms with Crippen molar-refractivity contribution in [1.82, 2.24) is 5.32 Å². The molecule has 1 aromatic rings. The summed E-state index contributed by atoms with van der Waals surface area (Å²) in [5.41, 5.74) is 6.40. The minimum Gasteiger partial charge on any atom is -0.372 e. The van der Waals surface area contributed by atoms with E-state index >= 15 is 0 Å². The minimum absolute atomic E-state index is 0. The average Bonchev–Trinajstić information content (AvgIpc) is 2.90. The first-order chi connectivity index (χ1) is 10.1. The Kier molecular flexibility index (Phi) is 10.2. The zero-order chi connectivity index (χ0) is 15.2. The van der Waals surface area contributed by atoms with Crippen LogP contribution >= 0.6 is 24.8 Å². The van der Waals surface area contributed by atoms with Crippen LogP contribution in [0.1, 0.15) is 25.7 Å². The van der Waals surface area contributed by atoms with Crippen LogP contribution in [0.25, 0.3) is 0 Å². The highest BCUT2D eigenvalue weighted by Gasteiger charge is 2.27. The molecule has 23 heavy (non-hydrogen) atoms. The van der Waals surface area contributed by atoms with Gasteiger partial charge in [-0.3, -0.25) is 4.79 Å². The van der Waals surface area contributed by atoms with Gasteiger partial charge in [0.15, 0.2) is 0 Å². The van der Waals surface area contributed by atoms with Gasteiger partial charge in [0.2, 0.25) is 5.91 Å². The lowest BCUT2D eigenvalue weighted by Crippen LogP contribution is -2.32. The number of carbonyl (C=O) groups excluding carboxylic acids is 1. The van der Waals surface area contributed by atoms with Crippen LogP contribution in [0.4, 0.5) is 10.1 Å². The lowest BCUT2D eigenvalue weighted by atomic mass is 10.1. The largest absolute Gasteiger partial charge is 0.372 e. The summed E-state index contributed by atoms with van der Waals surface area (Å²) in [6.07, 6.45) is 3.41. The quantitative estimate of drug-likeness (QED) is 0.762. The highest BCUT2D eigenvalue weighted by molar-refractivity contribution is 5.85. The lowest BCUT2D eigenvalue weighted by Gasteiger charge is -2.20. The molecule has 0 saturated heterocycles. The molecule has 1 fully saturated rings. The van der Waals surface area contributed by atoms with Gasteiger partial charge in [0.25, 0.3) is 0 Å². The molecule has 4 nitrogen and oxygen atoms in total. The van der Waals surface area contributed by atoms with Gasteiger partial charge in [-0.2, -0.15) is 0 Å². The highest BCUT2D eigenvalue weighted by atomic mass is 35.5. The van der Waals surface area contributed by atoms with Crippen molar-refractivity contribution in [3.05, 3.63) is 30.1 Å². The van der Waals surface area contributed by atoms with E-state index in [1.54, 1.807) is 12.1 Å². The summed E-state index contributed by atoms with van der Waals surface area (Å²) >= 11 is 0. The van der Waals surface area contributed by atoms with E-state index in [1.807, 2.05) is 18.0 Å². The van der Waals surface area contributed by atoms with Crippen molar-refractivity contribution in [3.8, 4) is 0 Å². The van der Waals surface area contributed by atoms with E-state index in [4.69, 9.17) is 5.73 Å². The molecule has 0 bridgehead atoms. The van der Waals surface area contributed by atoms with Gasteiger partial charge in [-0.25, -0.2) is 4.39 Å². The molecule has 3 N–H and O–H groups in total. The number of anilines is 1. The fourth-order valence-electron chi connectivity index (χ4n) is 2.81. The molecule has 0 aliphatic heterocycles. The fraction of sp³-hybridized carbons (Fsp3) is 0.562. The number of hydrogen-bond donors (Lipinski definition) is 2. The van der Waals surface area contributed by atoms with E-state index < -0.39 is 0 Å². The Bertz CT molecular complexity index is 490. The molecule has 0 aromatic heterocycles. The first kappa shape index (κ1) is 22.0. The van der Waals surface area contributed by atoms with Crippen molar-refractivity contribution in [1.29, 1.82) is 0 Å². The van der Waals surface area contributed by atoms with Crippen LogP contribution in [-0.2, 0) is 4.79 Å². The Labute approximate surface area is 149 Å². The summed E-state index contributed by atoms with van der Waals surface area (Å²) in [6.45, 7) is 1.31. The van der Waals surface area contributed by atoms with Crippen molar-refractivity contribution in [3.63, 3.8) is 0 Å². The van der Waals surface area contributed by atoms with E-state index in [2.05, 4.69) is 5.32 Å². The number of benzene rings is 1. The summed E-state index contributed by atoms with van der Waals surface area (Å²) in [4.78, 5) is 13.8. The topological polar surface area (TPSA) is 58.4 Å². The third kappa shape index (κ3) is 6.53. The maximum absolute atomic E-state index is 13.6. The van der Waals surface area contributed by atoms with Crippen LogP contribution in [0.15, 0.2) is 24.3 Å². The molecule has 0 heterocycles. The average molecular weight is 366 g/mol. The zero-order valence-corrected chi connectivity index (χ0v) is 15.0. The molecule has 1 amide bonds. The van der Waals surface area contributed by atoms with Crippen LogP contribution in [-0.4, -0.2) is 32.1 Å². The Hall–Kier alpha value is -1.04. The molecule has 1 aliphatic rings. The first-order valence-electron chi connectivity index (χ1n) is 7.57. The summed E-state index contributed by atoms with van der Waals surface area (Å²) in [6, 6.07) is 6.89. The van der Waals surface area contributed by atoms with Crippen LogP contribution < -0.4 is 16.0 Å². The minimum atomic E-state index is -0.219. The number of para-hydroxylation sites is 1. The SMILES string of the molecule is CN(CCCNC(=O)C1CCC(N)C1)c1ccccc1F.Cl.Cl. The third-order valence-corrected chi connectivity index (χ3v) is 4.08. The number of nitrogens with one attached hydrogen (secondary N) is 1. The maximum atomic E-state index is 13.6. The molecule has 2 rings (SSSR count). The number of nitrogens with zero attached hydrogens (tertiary/aromatic N) is 1. The Morgan fingerprint density at radius 3 is 2.65 bits per heavy atom. The van der Waals surface area contributed by atoms with Gasteiger partial charge >= 0.3 is 0 Å². The zero-order valence-electron chi connectivity index (χ0n) is 13.3. The first-order valence-corrected chi connectivity index (χ1v) is 7.57. The van der Waals surface area contributed by atoms with Gasteiger partial charge in [0.05, 0.1) is 5.69 Å². The van der Waals surface area contributed by atoms with Gasteiger partial charge in [-0.05, 0) is 37.8 Å². The number of hydrogen-bond acceptors (Lipinski definition) is 3. The van der Waals surface area contributed by atoms with Gasteiger partial charge < -0.3 is 16.0 Å². The molecule has 1 aliphatic carbocycles. The molecule has 2 unspecified atom stereocenters. The van der Waals surface area contributed by atoms with Crippen molar-refractivity contribution < 1.29 is 9.18 Å². The lowest BCUT2D eigenvalue weighted by molar-refractivity contribution is -0.124. The summed E-state index contributed by atoms with van der Waals surface area (Å²) in [5, 5.41) is 2.95. The Morgan fingerprint density at radius 2 is 2.04 bits per heavy atom. The maximum Gasteiger partial charge on any atom is 0.223 e. The van der Waals surface area contributed by atoms with E-state index in [1.165, 1.54) is 6.07 Å². The smallest absolute Gasteiger partial charge is 0.223 e. The molecule has 132 valence electrons. The number of amides is 1. The number of halogens is 3. The van der Waals surface area contributed by atoms with Gasteiger partial charge in [0.1, 0.15) is 5.82 Å². The molecular formula is C16H26Cl2FN3O. The Morgan fingerprint density at radius 1 is 1.35 bits per heavy atom. The van der Waals surface area contributed by atoms with Gasteiger partial charge in [-0.1, -0.05) is 12.1 Å². The van der Waals surface area contributed by atoms with E-state index in [-0.39, 0.29) is 48.5 Å². The predicted octanol–water partition coefficient (Wildman–Crippen LogP) is 2.74. The molecule has 7 heteroatoms. The molecule has 1 aromatic carbocycles. The van der Waals surface area contributed by atoms with Crippen LogP contribution in [0.5, 0.6) is 0 Å². The molecule has 2 atom stereocenters. The molecular weight excluding hydrogens is 340 g/mol. The summed E-state index contributed by atoms with van der Waals surface area (Å²) in [7, 11) is 1.86. The van der Waals surface area contributed by atoms with Gasteiger partial charge in [0, 0.05) is 32.1 Å². The molecule has 1 saturated carbocycles. The van der Waals surface area contributed by atoms with Crippen LogP contribution in [0.3, 0.4) is 0 Å². The Balaban J connectivity index is 0.00000242. The van der Waals surface area contributed by atoms with E-state index in [9.17, 15) is 9.18 Å². The second-order valence-corrected chi connectivity index (χ2v) is 5.79. The van der Waals surface area contributed by atoms with Crippen molar-refractivity contribution in [2.75, 3.05) is 25.0 Å². The highest BCUT2D eigenvalue weighted by Crippen LogP contribution is 2.24. The second kappa shape index (κ2) is 10.7. The molecule has 0 radical (unpaired) electrons. The summed E-state index contributed by atoms with van der Waals surface area (Å²) < 4.78 is 13.6. The fourth-order valence-corrected chi connectivity index (χ4v) is 2.81. The van der Waals surface area contributed by atoms with Crippen molar-refractivity contribution in [2.24, 2.45) is 11.7 Å². The second-order valence-electron chi connectivity index (χ2n) is 5.79. The van der Waals surface area contributed by atoms with Crippen LogP contribution in [0, 0.1) is 11.7 Å². The van der Waals surface area contributed by atoms with Crippen LogP contribution in [0.2, 0.25) is 0 Å².